The quantitative estimate of drug-likeness (QED) is 0.459. The number of carbonyl (C=O) groups is 2. The normalized spacial score (nSPS) is 39.8. The third kappa shape index (κ3) is 3.74. The number of carboxylic acid groups (broad SMARTS) is 1. The molecular weight excluding hydrogens is 583 g/mol. The van der Waals surface area contributed by atoms with Crippen LogP contribution in [0.1, 0.15) is 51.4 Å². The summed E-state index contributed by atoms with van der Waals surface area (Å²) in [7, 11) is 2.10. The molecule has 1 amide bonds. The van der Waals surface area contributed by atoms with Crippen LogP contribution in [-0.4, -0.2) is 82.9 Å². The van der Waals surface area contributed by atoms with Crippen LogP contribution in [0.15, 0.2) is 70.2 Å². The van der Waals surface area contributed by atoms with Gasteiger partial charge in [0.15, 0.2) is 0 Å². The van der Waals surface area contributed by atoms with Gasteiger partial charge in [0.1, 0.15) is 5.76 Å². The number of aliphatic carboxylic acids is 1. The molecule has 2 saturated heterocycles. The van der Waals surface area contributed by atoms with Crippen molar-refractivity contribution >= 4 is 11.9 Å². The van der Waals surface area contributed by atoms with E-state index in [2.05, 4.69) is 21.7 Å². The molecule has 1 N–H and O–H groups in total. The van der Waals surface area contributed by atoms with Crippen molar-refractivity contribution in [3.63, 3.8) is 0 Å². The van der Waals surface area contributed by atoms with Crippen molar-refractivity contribution in [2.75, 3.05) is 26.7 Å². The van der Waals surface area contributed by atoms with Crippen molar-refractivity contribution in [1.29, 1.82) is 0 Å². The number of likely N-dealkylation sites (N-methyl/N-ethyl adjacent to an activating group) is 1. The summed E-state index contributed by atoms with van der Waals surface area (Å²) in [6.07, 6.45) is 13.3. The van der Waals surface area contributed by atoms with Gasteiger partial charge in [0.2, 0.25) is 5.91 Å². The lowest BCUT2D eigenvalue weighted by molar-refractivity contribution is -0.308. The molecule has 5 aliphatic carbocycles. The number of carboxylic acids is 1. The Balaban J connectivity index is 1.19. The highest BCUT2D eigenvalue weighted by Crippen LogP contribution is 2.69. The number of piperidine rings is 1. The number of ether oxygens (including phenoxy) is 1. The molecule has 9 rings (SSSR count). The van der Waals surface area contributed by atoms with Crippen molar-refractivity contribution in [1.82, 2.24) is 14.7 Å². The Kier molecular flexibility index (Phi) is 5.70. The van der Waals surface area contributed by atoms with Gasteiger partial charge in [0.05, 0.1) is 23.1 Å². The van der Waals surface area contributed by atoms with E-state index < -0.39 is 23.7 Å². The highest BCUT2D eigenvalue weighted by molar-refractivity contribution is 5.92. The van der Waals surface area contributed by atoms with Crippen LogP contribution in [0.4, 0.5) is 13.2 Å². The molecule has 0 aromatic heterocycles. The van der Waals surface area contributed by atoms with E-state index in [1.54, 1.807) is 18.2 Å². The third-order valence-electron chi connectivity index (χ3n) is 12.8. The van der Waals surface area contributed by atoms with Crippen LogP contribution in [-0.2, 0) is 14.3 Å². The van der Waals surface area contributed by atoms with Gasteiger partial charge in [0.25, 0.3) is 0 Å². The standard InChI is InChI=1S/C35H38F3N3O4/c1-39-16-27-33(17-39)13-12-26(33)41(27)32(44)34-15-23(34)29-22(8-5-9-25(29)45-35(36,37)38)30-28(19-6-3-2-4-7-19)21-11-10-20(31(42)43)14-24(21)40(30)18-34/h5,8-11,14,19,23-24,26-27,29H,2-4,6-7,12-13,15-18H2,1H3,(H,42,43). The Morgan fingerprint density at radius 2 is 1.82 bits per heavy atom. The van der Waals surface area contributed by atoms with Gasteiger partial charge in [-0.15, -0.1) is 13.2 Å². The fraction of sp³-hybridized carbons (Fsp3) is 0.600. The zero-order chi connectivity index (χ0) is 31.0. The summed E-state index contributed by atoms with van der Waals surface area (Å²) in [5.74, 6) is -1.90. The number of rotatable bonds is 4. The van der Waals surface area contributed by atoms with E-state index in [4.69, 9.17) is 4.74 Å². The lowest BCUT2D eigenvalue weighted by atomic mass is 9.53. The van der Waals surface area contributed by atoms with E-state index >= 15 is 0 Å². The Bertz CT molecular complexity index is 1600. The van der Waals surface area contributed by atoms with Crippen LogP contribution in [0.25, 0.3) is 0 Å². The van der Waals surface area contributed by atoms with E-state index in [0.717, 1.165) is 80.5 Å². The monoisotopic (exact) mass is 621 g/mol. The maximum Gasteiger partial charge on any atom is 0.572 e. The van der Waals surface area contributed by atoms with Crippen LogP contribution >= 0.6 is 0 Å². The van der Waals surface area contributed by atoms with Gasteiger partial charge in [0, 0.05) is 42.7 Å². The number of hydrogen-bond donors (Lipinski definition) is 1. The predicted molar refractivity (Wildman–Crippen MR) is 158 cm³/mol. The molecule has 3 saturated carbocycles. The first-order valence-corrected chi connectivity index (χ1v) is 16.6. The average Bonchev–Trinajstić information content (AvgIpc) is 3.52. The lowest BCUT2D eigenvalue weighted by Crippen LogP contribution is -2.78. The van der Waals surface area contributed by atoms with Gasteiger partial charge in [-0.1, -0.05) is 37.5 Å². The van der Waals surface area contributed by atoms with Crippen molar-refractivity contribution < 1.29 is 32.6 Å². The maximum atomic E-state index is 14.9. The average molecular weight is 622 g/mol. The van der Waals surface area contributed by atoms with Crippen molar-refractivity contribution in [3.8, 4) is 0 Å². The number of allylic oxidation sites excluding steroid dienone is 5. The zero-order valence-corrected chi connectivity index (χ0v) is 25.4. The first-order chi connectivity index (χ1) is 21.5. The van der Waals surface area contributed by atoms with Crippen LogP contribution in [0.3, 0.4) is 0 Å². The summed E-state index contributed by atoms with van der Waals surface area (Å²) >= 11 is 0. The molecule has 9 aliphatic rings. The molecule has 45 heavy (non-hydrogen) atoms. The van der Waals surface area contributed by atoms with Crippen LogP contribution in [0.2, 0.25) is 0 Å². The van der Waals surface area contributed by atoms with Gasteiger partial charge in [-0.05, 0) is 85.9 Å². The smallest absolute Gasteiger partial charge is 0.478 e. The van der Waals surface area contributed by atoms with Gasteiger partial charge in [-0.3, -0.25) is 4.79 Å². The van der Waals surface area contributed by atoms with Gasteiger partial charge in [-0.25, -0.2) is 4.79 Å². The zero-order valence-electron chi connectivity index (χ0n) is 25.4. The second kappa shape index (κ2) is 9.17. The molecule has 5 fully saturated rings. The van der Waals surface area contributed by atoms with E-state index in [1.165, 1.54) is 6.08 Å². The summed E-state index contributed by atoms with van der Waals surface area (Å²) in [5, 5.41) is 9.96. The summed E-state index contributed by atoms with van der Waals surface area (Å²) in [6.45, 7) is 2.17. The first kappa shape index (κ1) is 28.0. The number of amides is 1. The molecule has 0 aromatic rings. The summed E-state index contributed by atoms with van der Waals surface area (Å²) in [5.41, 5.74) is 3.31. The molecule has 4 heterocycles. The number of carbonyl (C=O) groups excluding carboxylic acids is 1. The number of nitrogens with zero attached hydrogens (tertiary/aromatic N) is 3. The SMILES string of the molecule is CN1CC2N(C(=O)C34CC3C3C(OC(F)(F)F)=CC=CC3=C3C(C5CCCCC5)=C5C=CC(C(=O)O)=CC5N3C4)C3CCC32C1. The molecule has 7 atom stereocenters. The van der Waals surface area contributed by atoms with Gasteiger partial charge in [-0.2, -0.15) is 0 Å². The molecule has 0 bridgehead atoms. The minimum atomic E-state index is -4.85. The molecule has 0 aromatic carbocycles. The number of halogens is 3. The highest BCUT2D eigenvalue weighted by atomic mass is 19.4. The fourth-order valence-electron chi connectivity index (χ4n) is 10.9. The fourth-order valence-corrected chi connectivity index (χ4v) is 10.9. The minimum absolute atomic E-state index is 0.0658. The highest BCUT2D eigenvalue weighted by Gasteiger charge is 2.76. The maximum absolute atomic E-state index is 14.9. The van der Waals surface area contributed by atoms with E-state index in [-0.39, 0.29) is 52.6 Å². The summed E-state index contributed by atoms with van der Waals surface area (Å²) in [4.78, 5) is 33.7. The molecule has 7 unspecified atom stereocenters. The molecule has 10 heteroatoms. The molecule has 1 spiro atoms. The Morgan fingerprint density at radius 1 is 1.02 bits per heavy atom. The Labute approximate surface area is 260 Å². The third-order valence-corrected chi connectivity index (χ3v) is 12.8. The Morgan fingerprint density at radius 3 is 2.53 bits per heavy atom. The number of likely N-dealkylation sites (tertiary alicyclic amines) is 2. The van der Waals surface area contributed by atoms with E-state index in [9.17, 15) is 27.9 Å². The Hall–Kier alpha value is -3.27. The van der Waals surface area contributed by atoms with Crippen molar-refractivity contribution in [2.24, 2.45) is 28.6 Å². The van der Waals surface area contributed by atoms with Crippen LogP contribution < -0.4 is 0 Å². The minimum Gasteiger partial charge on any atom is -0.478 e. The topological polar surface area (TPSA) is 73.3 Å². The second-order valence-corrected chi connectivity index (χ2v) is 15.0. The molecule has 238 valence electrons. The van der Waals surface area contributed by atoms with Crippen LogP contribution in [0, 0.1) is 28.6 Å². The van der Waals surface area contributed by atoms with Gasteiger partial charge >= 0.3 is 12.3 Å². The van der Waals surface area contributed by atoms with Crippen molar-refractivity contribution in [3.05, 3.63) is 70.2 Å². The van der Waals surface area contributed by atoms with E-state index in [0.29, 0.717) is 13.0 Å². The molecule has 7 nitrogen and oxygen atoms in total. The number of fused-ring (bicyclic) bond motifs is 6. The predicted octanol–water partition coefficient (Wildman–Crippen LogP) is 5.31. The molecule has 4 aliphatic heterocycles. The lowest BCUT2D eigenvalue weighted by Gasteiger charge is -2.68. The first-order valence-electron chi connectivity index (χ1n) is 16.6. The van der Waals surface area contributed by atoms with E-state index in [1.807, 2.05) is 12.2 Å². The summed E-state index contributed by atoms with van der Waals surface area (Å²) in [6, 6.07) is -0.0405. The van der Waals surface area contributed by atoms with Gasteiger partial charge < -0.3 is 24.5 Å². The van der Waals surface area contributed by atoms with Crippen molar-refractivity contribution in [2.45, 2.75) is 75.9 Å². The largest absolute Gasteiger partial charge is 0.572 e. The molecular formula is C35H38F3N3O4. The van der Waals surface area contributed by atoms with Crippen LogP contribution in [0.5, 0.6) is 0 Å². The second-order valence-electron chi connectivity index (χ2n) is 15.0. The summed E-state index contributed by atoms with van der Waals surface area (Å²) < 4.78 is 46.4. The number of hydrogen-bond acceptors (Lipinski definition) is 5. The number of alkyl halides is 3. The molecule has 0 radical (unpaired) electrons.